The largest absolute Gasteiger partial charge is 0.480 e. The van der Waals surface area contributed by atoms with E-state index >= 15 is 0 Å². The topological polar surface area (TPSA) is 140 Å². The summed E-state index contributed by atoms with van der Waals surface area (Å²) in [6.45, 7) is 0. The van der Waals surface area contributed by atoms with E-state index in [1.165, 1.54) is 0 Å². The highest BCUT2D eigenvalue weighted by atomic mass is 16.4. The van der Waals surface area contributed by atoms with Gasteiger partial charge in [-0.15, -0.1) is 0 Å². The average molecular weight is 462 g/mol. The summed E-state index contributed by atoms with van der Waals surface area (Å²) in [5.74, 6) is -6.49. The van der Waals surface area contributed by atoms with E-state index in [9.17, 15) is 29.4 Å². The minimum Gasteiger partial charge on any atom is -0.480 e. The van der Waals surface area contributed by atoms with E-state index in [1.807, 2.05) is 0 Å². The Morgan fingerprint density at radius 1 is 0.676 bits per heavy atom. The lowest BCUT2D eigenvalue weighted by atomic mass is 9.95. The number of carbonyl (C=O) groups is 4. The van der Waals surface area contributed by atoms with Gasteiger partial charge in [0.1, 0.15) is 0 Å². The summed E-state index contributed by atoms with van der Waals surface area (Å²) in [5.41, 5.74) is 1.45. The van der Waals surface area contributed by atoms with Crippen LogP contribution in [0.1, 0.15) is 25.7 Å². The zero-order chi connectivity index (χ0) is 24.2. The third kappa shape index (κ3) is 4.42. The number of benzene rings is 2. The minimum atomic E-state index is -1.36. The van der Waals surface area contributed by atoms with Crippen LogP contribution in [0.5, 0.6) is 0 Å². The van der Waals surface area contributed by atoms with Crippen LogP contribution in [-0.2, 0) is 19.2 Å². The number of carboxylic acids is 2. The fraction of sp³-hybridized carbons (Fsp3) is 0.250. The molecular formula is C24H22N4O6. The van der Waals surface area contributed by atoms with Gasteiger partial charge in [-0.2, -0.15) is 20.2 Å². The number of aliphatic carboxylic acids is 2. The summed E-state index contributed by atoms with van der Waals surface area (Å²) >= 11 is 0. The number of hydrazone groups is 2. The van der Waals surface area contributed by atoms with Crippen LogP contribution in [-0.4, -0.2) is 45.4 Å². The second kappa shape index (κ2) is 9.65. The van der Waals surface area contributed by atoms with E-state index in [2.05, 4.69) is 10.2 Å². The van der Waals surface area contributed by atoms with Crippen molar-refractivity contribution < 1.29 is 29.4 Å². The van der Waals surface area contributed by atoms with Crippen LogP contribution in [0.4, 0.5) is 11.4 Å². The van der Waals surface area contributed by atoms with Crippen molar-refractivity contribution in [2.24, 2.45) is 22.0 Å². The van der Waals surface area contributed by atoms with Crippen molar-refractivity contribution in [1.82, 2.24) is 0 Å². The monoisotopic (exact) mass is 462 g/mol. The van der Waals surface area contributed by atoms with Gasteiger partial charge in [0.05, 0.1) is 22.8 Å². The van der Waals surface area contributed by atoms with Gasteiger partial charge in [0.15, 0.2) is 11.8 Å². The summed E-state index contributed by atoms with van der Waals surface area (Å²) in [7, 11) is 0. The molecule has 2 heterocycles. The molecule has 2 aromatic carbocycles. The lowest BCUT2D eigenvalue weighted by molar-refractivity contribution is -0.144. The predicted octanol–water partition coefficient (Wildman–Crippen LogP) is 2.75. The van der Waals surface area contributed by atoms with Crippen molar-refractivity contribution in [2.75, 3.05) is 10.0 Å². The van der Waals surface area contributed by atoms with E-state index in [4.69, 9.17) is 0 Å². The average Bonchev–Trinajstić information content (AvgIpc) is 3.34. The molecule has 2 aliphatic rings. The molecule has 34 heavy (non-hydrogen) atoms. The predicted molar refractivity (Wildman–Crippen MR) is 123 cm³/mol. The van der Waals surface area contributed by atoms with E-state index in [-0.39, 0.29) is 24.3 Å². The molecular weight excluding hydrogens is 440 g/mol. The van der Waals surface area contributed by atoms with Gasteiger partial charge in [-0.25, -0.2) is 0 Å². The molecule has 4 rings (SSSR count). The summed E-state index contributed by atoms with van der Waals surface area (Å²) < 4.78 is 0. The number of anilines is 2. The van der Waals surface area contributed by atoms with Gasteiger partial charge in [-0.1, -0.05) is 36.4 Å². The van der Waals surface area contributed by atoms with Crippen molar-refractivity contribution in [1.29, 1.82) is 0 Å². The lowest BCUT2D eigenvalue weighted by Crippen LogP contribution is -2.33. The van der Waals surface area contributed by atoms with E-state index in [0.717, 1.165) is 10.0 Å². The normalized spacial score (nSPS) is 19.9. The van der Waals surface area contributed by atoms with Crippen LogP contribution in [0.3, 0.4) is 0 Å². The van der Waals surface area contributed by atoms with Crippen LogP contribution in [0.25, 0.3) is 0 Å². The van der Waals surface area contributed by atoms with Gasteiger partial charge < -0.3 is 10.2 Å². The van der Waals surface area contributed by atoms with E-state index in [0.29, 0.717) is 24.2 Å². The highest BCUT2D eigenvalue weighted by Gasteiger charge is 2.43. The second-order valence-electron chi connectivity index (χ2n) is 7.90. The molecule has 0 bridgehead atoms. The summed E-state index contributed by atoms with van der Waals surface area (Å²) in [6, 6.07) is 17.2. The van der Waals surface area contributed by atoms with Crippen LogP contribution in [0, 0.1) is 11.8 Å². The molecule has 2 aliphatic heterocycles. The number of nitrogens with zero attached hydrogens (tertiary/aromatic N) is 4. The van der Waals surface area contributed by atoms with Crippen LogP contribution in [0.15, 0.2) is 70.9 Å². The fourth-order valence-corrected chi connectivity index (χ4v) is 4.01. The Morgan fingerprint density at radius 2 is 1.03 bits per heavy atom. The quantitative estimate of drug-likeness (QED) is 0.434. The number of hydrogen-bond donors (Lipinski definition) is 2. The molecule has 0 aromatic heterocycles. The Hall–Kier alpha value is -4.34. The molecule has 2 aromatic rings. The van der Waals surface area contributed by atoms with Crippen LogP contribution in [0.2, 0.25) is 0 Å². The Kier molecular flexibility index (Phi) is 6.48. The number of hydrogen-bond acceptors (Lipinski definition) is 6. The third-order valence-electron chi connectivity index (χ3n) is 5.65. The van der Waals surface area contributed by atoms with Crippen LogP contribution < -0.4 is 10.0 Å². The molecule has 2 amide bonds. The van der Waals surface area contributed by atoms with Gasteiger partial charge in [-0.05, 0) is 49.9 Å². The molecule has 2 unspecified atom stereocenters. The first-order chi connectivity index (χ1) is 16.4. The molecule has 0 aliphatic carbocycles. The number of amides is 2. The van der Waals surface area contributed by atoms with Gasteiger partial charge in [0.2, 0.25) is 0 Å². The SMILES string of the molecule is O=C(O)C1C(=O)N(c2ccccc2)N=C1CCCCC1=NN(c2ccccc2)C(=O)C1C(=O)O. The second-order valence-corrected chi connectivity index (χ2v) is 7.90. The molecule has 0 saturated heterocycles. The molecule has 0 radical (unpaired) electrons. The Bertz CT molecular complexity index is 1080. The zero-order valence-corrected chi connectivity index (χ0v) is 18.1. The Balaban J connectivity index is 1.43. The number of carboxylic acid groups (broad SMARTS) is 2. The molecule has 2 N–H and O–H groups in total. The highest BCUT2D eigenvalue weighted by molar-refractivity contribution is 6.26. The first-order valence-electron chi connectivity index (χ1n) is 10.8. The van der Waals surface area contributed by atoms with Gasteiger partial charge in [0.25, 0.3) is 11.8 Å². The van der Waals surface area contributed by atoms with Crippen molar-refractivity contribution in [3.8, 4) is 0 Å². The maximum atomic E-state index is 12.6. The lowest BCUT2D eigenvalue weighted by Gasteiger charge is -2.12. The van der Waals surface area contributed by atoms with Gasteiger partial charge in [0, 0.05) is 0 Å². The molecule has 2 atom stereocenters. The van der Waals surface area contributed by atoms with E-state index < -0.39 is 35.6 Å². The van der Waals surface area contributed by atoms with Crippen LogP contribution >= 0.6 is 0 Å². The van der Waals surface area contributed by atoms with E-state index in [1.54, 1.807) is 60.7 Å². The Morgan fingerprint density at radius 3 is 1.35 bits per heavy atom. The molecule has 0 fully saturated rings. The number of para-hydroxylation sites is 2. The minimum absolute atomic E-state index is 0.242. The maximum absolute atomic E-state index is 12.6. The summed E-state index contributed by atoms with van der Waals surface area (Å²) in [6.07, 6.45) is 1.38. The molecule has 10 nitrogen and oxygen atoms in total. The first kappa shape index (κ1) is 22.8. The van der Waals surface area contributed by atoms with Crippen molar-refractivity contribution >= 4 is 46.6 Å². The van der Waals surface area contributed by atoms with Crippen molar-refractivity contribution in [3.63, 3.8) is 0 Å². The Labute approximate surface area is 194 Å². The standard InChI is InChI=1S/C24H22N4O6/c29-21-19(23(31)32)17(25-27(21)15-9-3-1-4-10-15)13-7-8-14-18-20(24(33)34)22(30)28(26-18)16-11-5-2-6-12-16/h1-6,9-12,19-20H,7-8,13-14H2,(H,31,32)(H,33,34). The van der Waals surface area contributed by atoms with Crippen molar-refractivity contribution in [3.05, 3.63) is 60.7 Å². The first-order valence-corrected chi connectivity index (χ1v) is 10.8. The summed E-state index contributed by atoms with van der Waals surface area (Å²) in [5, 5.41) is 29.8. The van der Waals surface area contributed by atoms with Crippen molar-refractivity contribution in [2.45, 2.75) is 25.7 Å². The van der Waals surface area contributed by atoms with Gasteiger partial charge >= 0.3 is 11.9 Å². The number of rotatable bonds is 9. The molecule has 174 valence electrons. The van der Waals surface area contributed by atoms with Gasteiger partial charge in [-0.3, -0.25) is 19.2 Å². The third-order valence-corrected chi connectivity index (χ3v) is 5.65. The zero-order valence-electron chi connectivity index (χ0n) is 18.1. The fourth-order valence-electron chi connectivity index (χ4n) is 4.01. The smallest absolute Gasteiger partial charge is 0.322 e. The maximum Gasteiger partial charge on any atom is 0.322 e. The number of unbranched alkanes of at least 4 members (excludes halogenated alkanes) is 1. The highest BCUT2D eigenvalue weighted by Crippen LogP contribution is 2.28. The number of carbonyl (C=O) groups excluding carboxylic acids is 2. The molecule has 0 saturated carbocycles. The molecule has 0 spiro atoms. The molecule has 10 heteroatoms. The summed E-state index contributed by atoms with van der Waals surface area (Å²) in [4.78, 5) is 48.7.